The van der Waals surface area contributed by atoms with E-state index in [0.29, 0.717) is 6.42 Å². The molecule has 1 amide bonds. The van der Waals surface area contributed by atoms with E-state index in [1.807, 2.05) is 20.8 Å². The van der Waals surface area contributed by atoms with Gasteiger partial charge in [0.25, 0.3) is 0 Å². The molecule has 0 aromatic rings. The predicted octanol–water partition coefficient (Wildman–Crippen LogP) is 2.17. The Hall–Kier alpha value is -0.570. The van der Waals surface area contributed by atoms with Crippen LogP contribution >= 0.6 is 0 Å². The van der Waals surface area contributed by atoms with Gasteiger partial charge in [-0.25, -0.2) is 0 Å². The van der Waals surface area contributed by atoms with E-state index in [1.165, 1.54) is 12.8 Å². The van der Waals surface area contributed by atoms with Crippen molar-refractivity contribution < 1.29 is 6.22 Å². The van der Waals surface area contributed by atoms with E-state index in [9.17, 15) is 4.79 Å². The summed E-state index contributed by atoms with van der Waals surface area (Å²) in [6.07, 6.45) is 4.28. The van der Waals surface area contributed by atoms with E-state index in [4.69, 9.17) is 0 Å². The van der Waals surface area contributed by atoms with Gasteiger partial charge in [0.1, 0.15) is 0 Å². The minimum atomic E-state index is 0. The van der Waals surface area contributed by atoms with E-state index < -0.39 is 0 Å². The van der Waals surface area contributed by atoms with Crippen LogP contribution < -0.4 is 10.6 Å². The van der Waals surface area contributed by atoms with Crippen molar-refractivity contribution in [3.63, 3.8) is 0 Å². The van der Waals surface area contributed by atoms with E-state index in [1.54, 1.807) is 0 Å². The molecule has 0 aromatic carbocycles. The van der Waals surface area contributed by atoms with E-state index >= 15 is 0 Å². The number of carbonyl (C=O) groups is 1. The second-order valence-electron chi connectivity index (χ2n) is 3.69. The van der Waals surface area contributed by atoms with Crippen molar-refractivity contribution in [1.82, 2.24) is 10.6 Å². The van der Waals surface area contributed by atoms with Gasteiger partial charge in [0.2, 0.25) is 5.91 Å². The van der Waals surface area contributed by atoms with Crippen LogP contribution in [0.1, 0.15) is 47.9 Å². The molecule has 1 aliphatic rings. The molecular weight excluding hydrogens is 188 g/mol. The standard InChI is InChI=1S/C10H20N2O.C2H6.H2/c1-2-10(13)12-8-5-9-3-6-11-7-4-9;1-2;/h9,11H,2-8H2,1H3,(H,12,13);1-2H3;1H. The van der Waals surface area contributed by atoms with Gasteiger partial charge in [-0.3, -0.25) is 4.79 Å². The summed E-state index contributed by atoms with van der Waals surface area (Å²) in [5.74, 6) is 0.993. The van der Waals surface area contributed by atoms with Gasteiger partial charge >= 0.3 is 0 Å². The van der Waals surface area contributed by atoms with Crippen LogP contribution in [0.2, 0.25) is 0 Å². The Balaban J connectivity index is 0. The summed E-state index contributed by atoms with van der Waals surface area (Å²) >= 11 is 0. The number of piperidine rings is 1. The summed E-state index contributed by atoms with van der Waals surface area (Å²) in [5, 5.41) is 6.26. The lowest BCUT2D eigenvalue weighted by Gasteiger charge is -2.22. The van der Waals surface area contributed by atoms with Crippen LogP contribution in [0.4, 0.5) is 0 Å². The number of carbonyl (C=O) groups excluding carboxylic acids is 1. The van der Waals surface area contributed by atoms with Crippen molar-refractivity contribution in [3.8, 4) is 0 Å². The Bertz CT molecular complexity index is 159. The minimum absolute atomic E-state index is 0. The second-order valence-corrected chi connectivity index (χ2v) is 3.69. The van der Waals surface area contributed by atoms with Gasteiger partial charge in [0, 0.05) is 14.4 Å². The van der Waals surface area contributed by atoms with Crippen LogP contribution in [-0.4, -0.2) is 25.5 Å². The Labute approximate surface area is 95.5 Å². The minimum Gasteiger partial charge on any atom is -0.356 e. The number of rotatable bonds is 4. The highest BCUT2D eigenvalue weighted by molar-refractivity contribution is 5.75. The van der Waals surface area contributed by atoms with Crippen LogP contribution in [0.15, 0.2) is 0 Å². The van der Waals surface area contributed by atoms with Gasteiger partial charge in [0.05, 0.1) is 0 Å². The topological polar surface area (TPSA) is 41.1 Å². The molecule has 1 saturated heterocycles. The maximum atomic E-state index is 10.9. The quantitative estimate of drug-likeness (QED) is 0.756. The van der Waals surface area contributed by atoms with Gasteiger partial charge in [-0.15, -0.1) is 0 Å². The van der Waals surface area contributed by atoms with Crippen molar-refractivity contribution >= 4 is 5.91 Å². The highest BCUT2D eigenvalue weighted by atomic mass is 16.1. The van der Waals surface area contributed by atoms with Crippen LogP contribution in [0.5, 0.6) is 0 Å². The molecule has 0 saturated carbocycles. The lowest BCUT2D eigenvalue weighted by molar-refractivity contribution is -0.120. The molecule has 0 aromatic heterocycles. The summed E-state index contributed by atoms with van der Waals surface area (Å²) < 4.78 is 0. The van der Waals surface area contributed by atoms with Crippen LogP contribution in [-0.2, 0) is 4.79 Å². The SMILES string of the molecule is CC.CCC(=O)NCCC1CCNCC1.[HH]. The molecule has 1 heterocycles. The average Bonchev–Trinajstić information content (AvgIpc) is 2.33. The summed E-state index contributed by atoms with van der Waals surface area (Å²) in [6, 6.07) is 0. The lowest BCUT2D eigenvalue weighted by atomic mass is 9.95. The zero-order valence-corrected chi connectivity index (χ0v) is 10.4. The molecule has 0 radical (unpaired) electrons. The molecule has 3 nitrogen and oxygen atoms in total. The van der Waals surface area contributed by atoms with E-state index in [2.05, 4.69) is 10.6 Å². The molecule has 1 rings (SSSR count). The number of amides is 1. The fraction of sp³-hybridized carbons (Fsp3) is 0.917. The molecule has 0 bridgehead atoms. The van der Waals surface area contributed by atoms with Crippen molar-refractivity contribution in [1.29, 1.82) is 0 Å². The molecule has 15 heavy (non-hydrogen) atoms. The third-order valence-corrected chi connectivity index (χ3v) is 2.65. The molecule has 0 spiro atoms. The Morgan fingerprint density at radius 3 is 2.53 bits per heavy atom. The first-order valence-corrected chi connectivity index (χ1v) is 6.30. The van der Waals surface area contributed by atoms with Crippen molar-refractivity contribution in [2.75, 3.05) is 19.6 Å². The summed E-state index contributed by atoms with van der Waals surface area (Å²) in [5.41, 5.74) is 0. The van der Waals surface area contributed by atoms with Gasteiger partial charge in [-0.2, -0.15) is 0 Å². The highest BCUT2D eigenvalue weighted by Crippen LogP contribution is 2.14. The Morgan fingerprint density at radius 2 is 2.00 bits per heavy atom. The van der Waals surface area contributed by atoms with E-state index in [-0.39, 0.29) is 7.33 Å². The first kappa shape index (κ1) is 14.4. The molecule has 1 fully saturated rings. The molecule has 1 aliphatic heterocycles. The zero-order chi connectivity index (χ0) is 11.5. The summed E-state index contributed by atoms with van der Waals surface area (Å²) in [7, 11) is 0. The first-order chi connectivity index (χ1) is 7.33. The number of hydrogen-bond acceptors (Lipinski definition) is 2. The van der Waals surface area contributed by atoms with Crippen molar-refractivity contribution in [2.24, 2.45) is 5.92 Å². The average molecular weight is 216 g/mol. The normalized spacial score (nSPS) is 16.5. The molecule has 0 atom stereocenters. The van der Waals surface area contributed by atoms with Gasteiger partial charge in [-0.1, -0.05) is 20.8 Å². The van der Waals surface area contributed by atoms with Gasteiger partial charge < -0.3 is 10.6 Å². The number of nitrogens with one attached hydrogen (secondary N) is 2. The highest BCUT2D eigenvalue weighted by Gasteiger charge is 2.12. The zero-order valence-electron chi connectivity index (χ0n) is 10.4. The second kappa shape index (κ2) is 9.97. The molecule has 92 valence electrons. The Kier molecular flexibility index (Phi) is 9.59. The summed E-state index contributed by atoms with van der Waals surface area (Å²) in [6.45, 7) is 9.04. The van der Waals surface area contributed by atoms with Crippen LogP contribution in [0, 0.1) is 5.92 Å². The molecule has 3 heteroatoms. The maximum Gasteiger partial charge on any atom is 0.219 e. The summed E-state index contributed by atoms with van der Waals surface area (Å²) in [4.78, 5) is 10.9. The molecule has 0 unspecified atom stereocenters. The van der Waals surface area contributed by atoms with E-state index in [0.717, 1.165) is 32.0 Å². The predicted molar refractivity (Wildman–Crippen MR) is 67.0 cm³/mol. The van der Waals surface area contributed by atoms with Crippen LogP contribution in [0.3, 0.4) is 0 Å². The monoisotopic (exact) mass is 216 g/mol. The molecule has 2 N–H and O–H groups in total. The van der Waals surface area contributed by atoms with Crippen molar-refractivity contribution in [2.45, 2.75) is 46.5 Å². The maximum absolute atomic E-state index is 10.9. The fourth-order valence-corrected chi connectivity index (χ4v) is 1.71. The fourth-order valence-electron chi connectivity index (χ4n) is 1.71. The molecular formula is C12H28N2O. The Morgan fingerprint density at radius 1 is 1.40 bits per heavy atom. The van der Waals surface area contributed by atoms with Gasteiger partial charge in [-0.05, 0) is 38.3 Å². The third-order valence-electron chi connectivity index (χ3n) is 2.65. The number of hydrogen-bond donors (Lipinski definition) is 2. The van der Waals surface area contributed by atoms with Gasteiger partial charge in [0.15, 0.2) is 0 Å². The lowest BCUT2D eigenvalue weighted by Crippen LogP contribution is -2.31. The largest absolute Gasteiger partial charge is 0.356 e. The molecule has 0 aliphatic carbocycles. The van der Waals surface area contributed by atoms with Crippen molar-refractivity contribution in [3.05, 3.63) is 0 Å². The smallest absolute Gasteiger partial charge is 0.219 e. The third kappa shape index (κ3) is 7.37. The first-order valence-electron chi connectivity index (χ1n) is 6.30. The van der Waals surface area contributed by atoms with Crippen LogP contribution in [0.25, 0.3) is 0 Å².